The van der Waals surface area contributed by atoms with Gasteiger partial charge in [-0.25, -0.2) is 4.98 Å². The molecule has 8 heteroatoms. The van der Waals surface area contributed by atoms with E-state index >= 15 is 0 Å². The zero-order chi connectivity index (χ0) is 22.1. The fourth-order valence-corrected chi connectivity index (χ4v) is 3.58. The van der Waals surface area contributed by atoms with Gasteiger partial charge in [0.1, 0.15) is 11.5 Å². The quantitative estimate of drug-likeness (QED) is 0.511. The number of carbonyl (C=O) groups excluding carboxylic acids is 1. The molecular formula is C23H23N5O3. The molecule has 0 aliphatic heterocycles. The van der Waals surface area contributed by atoms with Crippen molar-refractivity contribution in [3.63, 3.8) is 0 Å². The first-order chi connectivity index (χ1) is 14.9. The molecule has 0 spiro atoms. The zero-order valence-electron chi connectivity index (χ0n) is 17.8. The second kappa shape index (κ2) is 8.06. The largest absolute Gasteiger partial charge is 0.463 e. The Hall–Kier alpha value is -3.94. The van der Waals surface area contributed by atoms with Gasteiger partial charge in [0.15, 0.2) is 5.76 Å². The van der Waals surface area contributed by atoms with Crippen LogP contribution in [0.5, 0.6) is 0 Å². The van der Waals surface area contributed by atoms with Gasteiger partial charge in [-0.05, 0) is 51.5 Å². The smallest absolute Gasteiger partial charge is 0.256 e. The van der Waals surface area contributed by atoms with Crippen LogP contribution in [-0.4, -0.2) is 25.7 Å². The molecule has 31 heavy (non-hydrogen) atoms. The predicted molar refractivity (Wildman–Crippen MR) is 118 cm³/mol. The van der Waals surface area contributed by atoms with E-state index in [-0.39, 0.29) is 17.4 Å². The first-order valence-corrected chi connectivity index (χ1v) is 9.99. The van der Waals surface area contributed by atoms with Crippen LogP contribution in [0, 0.1) is 20.8 Å². The number of aryl methyl sites for hydroxylation is 3. The van der Waals surface area contributed by atoms with Crippen LogP contribution in [0.4, 0.5) is 5.82 Å². The van der Waals surface area contributed by atoms with Crippen molar-refractivity contribution in [2.75, 3.05) is 5.32 Å². The van der Waals surface area contributed by atoms with Crippen LogP contribution in [0.1, 0.15) is 39.7 Å². The van der Waals surface area contributed by atoms with Crippen molar-refractivity contribution in [3.05, 3.63) is 81.0 Å². The summed E-state index contributed by atoms with van der Waals surface area (Å²) < 4.78 is 6.86. The van der Waals surface area contributed by atoms with Crippen LogP contribution in [-0.2, 0) is 6.42 Å². The molecule has 2 N–H and O–H groups in total. The molecule has 4 aromatic rings. The van der Waals surface area contributed by atoms with E-state index in [2.05, 4.69) is 20.4 Å². The Bertz CT molecular complexity index is 1300. The molecule has 158 valence electrons. The highest BCUT2D eigenvalue weighted by atomic mass is 16.3. The molecule has 3 aromatic heterocycles. The number of nitrogens with one attached hydrogen (secondary N) is 2. The van der Waals surface area contributed by atoms with Crippen LogP contribution < -0.4 is 10.9 Å². The third-order valence-electron chi connectivity index (χ3n) is 4.97. The van der Waals surface area contributed by atoms with Crippen molar-refractivity contribution in [2.45, 2.75) is 34.1 Å². The third kappa shape index (κ3) is 4.05. The number of aromatic amines is 1. The number of nitrogens with zero attached hydrogens (tertiary/aromatic N) is 3. The van der Waals surface area contributed by atoms with E-state index in [9.17, 15) is 9.59 Å². The van der Waals surface area contributed by atoms with Crippen LogP contribution >= 0.6 is 0 Å². The van der Waals surface area contributed by atoms with Crippen molar-refractivity contribution in [1.82, 2.24) is 19.7 Å². The number of rotatable bonds is 5. The van der Waals surface area contributed by atoms with Gasteiger partial charge in [0.2, 0.25) is 5.95 Å². The summed E-state index contributed by atoms with van der Waals surface area (Å²) in [6, 6.07) is 10.8. The maximum absolute atomic E-state index is 13.0. The summed E-state index contributed by atoms with van der Waals surface area (Å²) in [5, 5.41) is 7.41. The summed E-state index contributed by atoms with van der Waals surface area (Å²) in [5.74, 6) is 0.823. The van der Waals surface area contributed by atoms with E-state index in [4.69, 9.17) is 4.42 Å². The molecule has 0 saturated heterocycles. The van der Waals surface area contributed by atoms with E-state index in [1.807, 2.05) is 39.0 Å². The lowest BCUT2D eigenvalue weighted by Gasteiger charge is -2.10. The number of aromatic nitrogens is 4. The molecule has 8 nitrogen and oxygen atoms in total. The Kier molecular flexibility index (Phi) is 5.29. The Labute approximate surface area is 179 Å². The standard InChI is InChI=1S/C23H23N5O3/c1-5-17-15(4)24-23(26-22(17)30)28-20(12-18(27-28)19-7-6-8-31-19)25-21(29)16-10-13(2)9-14(3)11-16/h6-12H,5H2,1-4H3,(H,25,29)(H,24,26,30). The number of H-pyrrole nitrogens is 1. The molecular weight excluding hydrogens is 394 g/mol. The Morgan fingerprint density at radius 3 is 2.52 bits per heavy atom. The average molecular weight is 417 g/mol. The van der Waals surface area contributed by atoms with Gasteiger partial charge in [-0.1, -0.05) is 24.1 Å². The van der Waals surface area contributed by atoms with Crippen LogP contribution in [0.15, 0.2) is 51.9 Å². The minimum atomic E-state index is -0.289. The summed E-state index contributed by atoms with van der Waals surface area (Å²) in [4.78, 5) is 32.7. The Morgan fingerprint density at radius 2 is 1.90 bits per heavy atom. The minimum absolute atomic E-state index is 0.216. The number of amides is 1. The van der Waals surface area contributed by atoms with Gasteiger partial charge in [0, 0.05) is 22.9 Å². The second-order valence-electron chi connectivity index (χ2n) is 7.44. The fourth-order valence-electron chi connectivity index (χ4n) is 3.58. The summed E-state index contributed by atoms with van der Waals surface area (Å²) >= 11 is 0. The highest BCUT2D eigenvalue weighted by molar-refractivity contribution is 6.04. The molecule has 0 atom stereocenters. The van der Waals surface area contributed by atoms with Crippen LogP contribution in [0.3, 0.4) is 0 Å². The Morgan fingerprint density at radius 1 is 1.16 bits per heavy atom. The van der Waals surface area contributed by atoms with Crippen molar-refractivity contribution in [1.29, 1.82) is 0 Å². The molecule has 0 bridgehead atoms. The minimum Gasteiger partial charge on any atom is -0.463 e. The number of furan rings is 1. The van der Waals surface area contributed by atoms with E-state index in [1.54, 1.807) is 31.4 Å². The van der Waals surface area contributed by atoms with E-state index in [1.165, 1.54) is 4.68 Å². The number of benzene rings is 1. The monoisotopic (exact) mass is 417 g/mol. The molecule has 0 saturated carbocycles. The van der Waals surface area contributed by atoms with Crippen molar-refractivity contribution in [2.24, 2.45) is 0 Å². The summed E-state index contributed by atoms with van der Waals surface area (Å²) in [7, 11) is 0. The third-order valence-corrected chi connectivity index (χ3v) is 4.97. The lowest BCUT2D eigenvalue weighted by molar-refractivity contribution is 0.102. The van der Waals surface area contributed by atoms with Gasteiger partial charge in [-0.2, -0.15) is 9.78 Å². The van der Waals surface area contributed by atoms with Gasteiger partial charge in [-0.15, -0.1) is 0 Å². The molecule has 0 unspecified atom stereocenters. The van der Waals surface area contributed by atoms with Crippen molar-refractivity contribution < 1.29 is 9.21 Å². The maximum Gasteiger partial charge on any atom is 0.256 e. The van der Waals surface area contributed by atoms with Gasteiger partial charge < -0.3 is 9.73 Å². The normalized spacial score (nSPS) is 11.0. The molecule has 1 amide bonds. The van der Waals surface area contributed by atoms with E-state index in [0.717, 1.165) is 11.1 Å². The lowest BCUT2D eigenvalue weighted by atomic mass is 10.1. The lowest BCUT2D eigenvalue weighted by Crippen LogP contribution is -2.22. The first-order valence-electron chi connectivity index (χ1n) is 9.99. The van der Waals surface area contributed by atoms with E-state index < -0.39 is 0 Å². The maximum atomic E-state index is 13.0. The second-order valence-corrected chi connectivity index (χ2v) is 7.44. The van der Waals surface area contributed by atoms with Crippen LogP contribution in [0.2, 0.25) is 0 Å². The van der Waals surface area contributed by atoms with E-state index in [0.29, 0.717) is 40.5 Å². The molecule has 4 rings (SSSR count). The molecule has 0 radical (unpaired) electrons. The predicted octanol–water partition coefficient (Wildman–Crippen LogP) is 3.96. The average Bonchev–Trinajstić information content (AvgIpc) is 3.36. The molecule has 0 fully saturated rings. The highest BCUT2D eigenvalue weighted by Gasteiger charge is 2.19. The molecule has 3 heterocycles. The SMILES string of the molecule is CCc1c(C)nc(-n2nc(-c3ccco3)cc2NC(=O)c2cc(C)cc(C)c2)[nH]c1=O. The molecule has 0 aliphatic carbocycles. The van der Waals surface area contributed by atoms with Gasteiger partial charge in [0.25, 0.3) is 11.5 Å². The molecule has 0 aliphatic rings. The number of hydrogen-bond donors (Lipinski definition) is 2. The zero-order valence-corrected chi connectivity index (χ0v) is 17.8. The van der Waals surface area contributed by atoms with Crippen molar-refractivity contribution >= 4 is 11.7 Å². The first kappa shape index (κ1) is 20.3. The number of carbonyl (C=O) groups is 1. The number of hydrogen-bond acceptors (Lipinski definition) is 5. The topological polar surface area (TPSA) is 106 Å². The summed E-state index contributed by atoms with van der Waals surface area (Å²) in [6.45, 7) is 7.56. The van der Waals surface area contributed by atoms with Crippen molar-refractivity contribution in [3.8, 4) is 17.4 Å². The van der Waals surface area contributed by atoms with Crippen LogP contribution in [0.25, 0.3) is 17.4 Å². The number of anilines is 1. The van der Waals surface area contributed by atoms with Gasteiger partial charge in [-0.3, -0.25) is 14.6 Å². The Balaban J connectivity index is 1.80. The fraction of sp³-hybridized carbons (Fsp3) is 0.217. The highest BCUT2D eigenvalue weighted by Crippen LogP contribution is 2.25. The molecule has 1 aromatic carbocycles. The van der Waals surface area contributed by atoms with Gasteiger partial charge in [0.05, 0.1) is 6.26 Å². The summed E-state index contributed by atoms with van der Waals surface area (Å²) in [5.41, 5.74) is 4.01. The van der Waals surface area contributed by atoms with Gasteiger partial charge >= 0.3 is 0 Å². The summed E-state index contributed by atoms with van der Waals surface area (Å²) in [6.07, 6.45) is 2.12.